The van der Waals surface area contributed by atoms with Crippen LogP contribution in [0.5, 0.6) is 5.75 Å². The number of rotatable bonds is 8. The van der Waals surface area contributed by atoms with Crippen LogP contribution in [-0.4, -0.2) is 30.5 Å². The molecule has 1 rings (SSSR count). The number of carbonyl (C=O) groups excluding carboxylic acids is 1. The van der Waals surface area contributed by atoms with Gasteiger partial charge in [-0.3, -0.25) is 4.79 Å². The van der Waals surface area contributed by atoms with Crippen LogP contribution in [0, 0.1) is 5.92 Å². The summed E-state index contributed by atoms with van der Waals surface area (Å²) in [5.74, 6) is 0.285. The highest BCUT2D eigenvalue weighted by Crippen LogP contribution is 2.20. The number of hydrogen-bond donors (Lipinski definition) is 0. The van der Waals surface area contributed by atoms with Crippen molar-refractivity contribution in [3.8, 4) is 5.75 Å². The van der Waals surface area contributed by atoms with Gasteiger partial charge in [0.25, 0.3) is 0 Å². The van der Waals surface area contributed by atoms with Crippen LogP contribution in [0.15, 0.2) is 24.3 Å². The lowest BCUT2D eigenvalue weighted by Crippen LogP contribution is -2.40. The van der Waals surface area contributed by atoms with Gasteiger partial charge in [-0.05, 0) is 44.9 Å². The summed E-state index contributed by atoms with van der Waals surface area (Å²) in [6, 6.07) is 7.03. The van der Waals surface area contributed by atoms with Gasteiger partial charge in [0, 0.05) is 18.5 Å². The average molecular weight is 356 g/mol. The molecule has 1 aromatic carbocycles. The molecule has 0 bridgehead atoms. The van der Waals surface area contributed by atoms with Gasteiger partial charge in [-0.25, -0.2) is 0 Å². The Kier molecular flexibility index (Phi) is 7.27. The predicted octanol–water partition coefficient (Wildman–Crippen LogP) is 3.59. The lowest BCUT2D eigenvalue weighted by atomic mass is 10.1. The zero-order chi connectivity index (χ0) is 18.5. The van der Waals surface area contributed by atoms with Crippen LogP contribution in [0.1, 0.15) is 53.5 Å². The summed E-state index contributed by atoms with van der Waals surface area (Å²) < 4.78 is 28.9. The van der Waals surface area contributed by atoms with Gasteiger partial charge < -0.3 is 9.08 Å². The Labute approximate surface area is 146 Å². The van der Waals surface area contributed by atoms with Crippen molar-refractivity contribution in [2.24, 2.45) is 5.92 Å². The molecule has 0 aliphatic carbocycles. The normalized spacial score (nSPS) is 13.2. The van der Waals surface area contributed by atoms with Gasteiger partial charge in [0.15, 0.2) is 0 Å². The van der Waals surface area contributed by atoms with E-state index in [1.165, 1.54) is 0 Å². The maximum absolute atomic E-state index is 12.4. The van der Waals surface area contributed by atoms with Crippen LogP contribution in [0.4, 0.5) is 0 Å². The summed E-state index contributed by atoms with van der Waals surface area (Å²) in [5.41, 5.74) is 0.848. The van der Waals surface area contributed by atoms with E-state index in [0.717, 1.165) is 12.0 Å². The molecule has 0 spiro atoms. The molecule has 0 saturated heterocycles. The summed E-state index contributed by atoms with van der Waals surface area (Å²) in [6.07, 6.45) is 0.858. The molecule has 0 fully saturated rings. The summed E-state index contributed by atoms with van der Waals surface area (Å²) >= 11 is 0. The fourth-order valence-electron chi connectivity index (χ4n) is 2.13. The number of benzene rings is 1. The van der Waals surface area contributed by atoms with Crippen LogP contribution in [-0.2, 0) is 21.5 Å². The highest BCUT2D eigenvalue weighted by molar-refractivity contribution is 7.87. The van der Waals surface area contributed by atoms with Gasteiger partial charge in [-0.1, -0.05) is 32.9 Å². The van der Waals surface area contributed by atoms with E-state index in [4.69, 9.17) is 4.18 Å². The number of nitrogens with zero attached hydrogens (tertiary/aromatic N) is 1. The molecule has 1 atom stereocenters. The first-order valence-electron chi connectivity index (χ1n) is 8.41. The molecular weight excluding hydrogens is 326 g/mol. The minimum Gasteiger partial charge on any atom is -0.382 e. The van der Waals surface area contributed by atoms with Crippen LogP contribution in [0.25, 0.3) is 0 Å². The monoisotopic (exact) mass is 355 g/mol. The Morgan fingerprint density at radius 2 is 1.79 bits per heavy atom. The van der Waals surface area contributed by atoms with Crippen molar-refractivity contribution in [2.45, 2.75) is 65.8 Å². The maximum atomic E-state index is 12.4. The van der Waals surface area contributed by atoms with Crippen LogP contribution < -0.4 is 4.18 Å². The van der Waals surface area contributed by atoms with E-state index < -0.39 is 15.4 Å². The molecule has 24 heavy (non-hydrogen) atoms. The first-order valence-corrected chi connectivity index (χ1v) is 9.88. The van der Waals surface area contributed by atoms with Crippen LogP contribution in [0.3, 0.4) is 0 Å². The molecule has 1 amide bonds. The smallest absolute Gasteiger partial charge is 0.311 e. The Hall–Kier alpha value is -1.56. The lowest BCUT2D eigenvalue weighted by molar-refractivity contribution is -0.137. The van der Waals surface area contributed by atoms with E-state index in [0.29, 0.717) is 6.54 Å². The second-order valence-electron chi connectivity index (χ2n) is 6.65. The molecule has 1 unspecified atom stereocenters. The average Bonchev–Trinajstić information content (AvgIpc) is 2.50. The predicted molar refractivity (Wildman–Crippen MR) is 96.3 cm³/mol. The molecule has 1 aromatic rings. The first kappa shape index (κ1) is 20.5. The summed E-state index contributed by atoms with van der Waals surface area (Å²) in [6.45, 7) is 11.4. The molecule has 5 nitrogen and oxygen atoms in total. The molecule has 136 valence electrons. The highest BCUT2D eigenvalue weighted by atomic mass is 32.2. The highest BCUT2D eigenvalue weighted by Gasteiger charge is 2.22. The van der Waals surface area contributed by atoms with Crippen LogP contribution >= 0.6 is 0 Å². The third-order valence-electron chi connectivity index (χ3n) is 3.94. The molecule has 0 N–H and O–H groups in total. The van der Waals surface area contributed by atoms with Gasteiger partial charge in [-0.2, -0.15) is 8.42 Å². The standard InChI is InChI=1S/C18H29NO4S/c1-7-15(6)19(18(20)13(2)3)12-16-9-8-10-17(11-16)23-24(21,22)14(4)5/h8-11,13-15H,7,12H2,1-6H3. The molecule has 0 heterocycles. The summed E-state index contributed by atoms with van der Waals surface area (Å²) in [4.78, 5) is 14.3. The van der Waals surface area contributed by atoms with Crippen molar-refractivity contribution in [2.75, 3.05) is 0 Å². The van der Waals surface area contributed by atoms with E-state index >= 15 is 0 Å². The largest absolute Gasteiger partial charge is 0.382 e. The lowest BCUT2D eigenvalue weighted by Gasteiger charge is -2.30. The number of hydrogen-bond acceptors (Lipinski definition) is 4. The van der Waals surface area contributed by atoms with Gasteiger partial charge in [-0.15, -0.1) is 0 Å². The molecule has 0 aliphatic heterocycles. The molecule has 6 heteroatoms. The zero-order valence-electron chi connectivity index (χ0n) is 15.4. The third-order valence-corrected chi connectivity index (χ3v) is 5.52. The topological polar surface area (TPSA) is 63.7 Å². The Morgan fingerprint density at radius 3 is 2.29 bits per heavy atom. The van der Waals surface area contributed by atoms with Crippen molar-refractivity contribution >= 4 is 16.0 Å². The van der Waals surface area contributed by atoms with Crippen molar-refractivity contribution in [1.29, 1.82) is 0 Å². The first-order chi connectivity index (χ1) is 11.1. The quantitative estimate of drug-likeness (QED) is 0.669. The fourth-order valence-corrected chi connectivity index (χ4v) is 2.69. The Morgan fingerprint density at radius 1 is 1.17 bits per heavy atom. The number of amides is 1. The van der Waals surface area contributed by atoms with Gasteiger partial charge in [0.05, 0.1) is 5.25 Å². The summed E-state index contributed by atoms with van der Waals surface area (Å²) in [7, 11) is -3.63. The maximum Gasteiger partial charge on any atom is 0.311 e. The summed E-state index contributed by atoms with van der Waals surface area (Å²) in [5, 5.41) is -0.611. The molecule has 0 aliphatic rings. The van der Waals surface area contributed by atoms with E-state index in [9.17, 15) is 13.2 Å². The van der Waals surface area contributed by atoms with E-state index in [1.54, 1.807) is 32.0 Å². The Balaban J connectivity index is 3.01. The van der Waals surface area contributed by atoms with Gasteiger partial charge >= 0.3 is 10.1 Å². The van der Waals surface area contributed by atoms with E-state index in [-0.39, 0.29) is 23.6 Å². The second kappa shape index (κ2) is 8.51. The van der Waals surface area contributed by atoms with Crippen molar-refractivity contribution in [3.63, 3.8) is 0 Å². The minimum absolute atomic E-state index is 0.0836. The molecule has 0 aromatic heterocycles. The van der Waals surface area contributed by atoms with Crippen molar-refractivity contribution in [3.05, 3.63) is 29.8 Å². The SMILES string of the molecule is CCC(C)N(Cc1cccc(OS(=O)(=O)C(C)C)c1)C(=O)C(C)C. The third kappa shape index (κ3) is 5.51. The van der Waals surface area contributed by atoms with Crippen LogP contribution in [0.2, 0.25) is 0 Å². The zero-order valence-corrected chi connectivity index (χ0v) is 16.3. The van der Waals surface area contributed by atoms with Crippen molar-refractivity contribution < 1.29 is 17.4 Å². The van der Waals surface area contributed by atoms with Gasteiger partial charge in [0.2, 0.25) is 5.91 Å². The molecular formula is C18H29NO4S. The minimum atomic E-state index is -3.63. The van der Waals surface area contributed by atoms with E-state index in [1.807, 2.05) is 38.7 Å². The van der Waals surface area contributed by atoms with Crippen molar-refractivity contribution in [1.82, 2.24) is 4.90 Å². The Bertz CT molecular complexity index is 653. The molecule has 0 saturated carbocycles. The second-order valence-corrected chi connectivity index (χ2v) is 8.75. The number of carbonyl (C=O) groups is 1. The molecule has 0 radical (unpaired) electrons. The van der Waals surface area contributed by atoms with E-state index in [2.05, 4.69) is 0 Å². The van der Waals surface area contributed by atoms with Gasteiger partial charge in [0.1, 0.15) is 5.75 Å². The fraction of sp³-hybridized carbons (Fsp3) is 0.611.